The van der Waals surface area contributed by atoms with Gasteiger partial charge in [-0.25, -0.2) is 19.1 Å². The van der Waals surface area contributed by atoms with E-state index in [0.717, 1.165) is 19.3 Å². The third kappa shape index (κ3) is 6.82. The summed E-state index contributed by atoms with van der Waals surface area (Å²) < 4.78 is 53.6. The van der Waals surface area contributed by atoms with Gasteiger partial charge in [0.2, 0.25) is 5.88 Å². The molecule has 4 rings (SSSR count). The maximum atomic E-state index is 14.4. The lowest BCUT2D eigenvalue weighted by Gasteiger charge is -2.17. The smallest absolute Gasteiger partial charge is 0.281 e. The monoisotopic (exact) mass is 527 g/mol. The minimum absolute atomic E-state index is 0.0146. The highest BCUT2D eigenvalue weighted by Crippen LogP contribution is 2.32. The van der Waals surface area contributed by atoms with Crippen molar-refractivity contribution in [2.24, 2.45) is 11.8 Å². The van der Waals surface area contributed by atoms with Crippen LogP contribution in [0.4, 0.5) is 4.39 Å². The van der Waals surface area contributed by atoms with E-state index in [1.165, 1.54) is 42.6 Å². The van der Waals surface area contributed by atoms with E-state index in [9.17, 15) is 17.6 Å². The quantitative estimate of drug-likeness (QED) is 0.417. The van der Waals surface area contributed by atoms with Crippen molar-refractivity contribution >= 4 is 15.9 Å². The van der Waals surface area contributed by atoms with Crippen molar-refractivity contribution in [3.05, 3.63) is 66.1 Å². The fourth-order valence-electron chi connectivity index (χ4n) is 4.08. The molecule has 196 valence electrons. The number of sulfonamides is 1. The second-order valence-corrected chi connectivity index (χ2v) is 11.3. The minimum atomic E-state index is -4.21. The highest BCUT2D eigenvalue weighted by Gasteiger charge is 2.28. The maximum absolute atomic E-state index is 14.4. The van der Waals surface area contributed by atoms with Gasteiger partial charge in [-0.05, 0) is 67.5 Å². The first-order chi connectivity index (χ1) is 17.6. The molecular formula is C27H30FN3O5S. The number of hydrogen-bond donors (Lipinski definition) is 1. The minimum Gasteiger partial charge on any atom is -0.493 e. The van der Waals surface area contributed by atoms with E-state index in [2.05, 4.69) is 16.9 Å². The van der Waals surface area contributed by atoms with Gasteiger partial charge in [-0.1, -0.05) is 26.8 Å². The summed E-state index contributed by atoms with van der Waals surface area (Å²) in [7, 11) is -4.21. The van der Waals surface area contributed by atoms with Crippen LogP contribution < -0.4 is 14.2 Å². The molecule has 1 amide bonds. The zero-order valence-corrected chi connectivity index (χ0v) is 21.8. The molecule has 1 aliphatic rings. The Kier molecular flexibility index (Phi) is 8.06. The molecule has 0 radical (unpaired) electrons. The van der Waals surface area contributed by atoms with Gasteiger partial charge in [-0.15, -0.1) is 0 Å². The third-order valence-electron chi connectivity index (χ3n) is 5.92. The van der Waals surface area contributed by atoms with Crippen LogP contribution in [-0.4, -0.2) is 37.0 Å². The van der Waals surface area contributed by atoms with Crippen molar-refractivity contribution in [3.63, 3.8) is 0 Å². The number of nitrogens with one attached hydrogen (secondary N) is 1. The molecule has 1 N–H and O–H groups in total. The number of rotatable bonds is 9. The van der Waals surface area contributed by atoms with Crippen LogP contribution in [-0.2, 0) is 10.0 Å². The number of ether oxygens (including phenoxy) is 2. The lowest BCUT2D eigenvalue weighted by molar-refractivity contribution is 0.0972. The Bertz CT molecular complexity index is 1370. The van der Waals surface area contributed by atoms with Gasteiger partial charge in [0, 0.05) is 17.8 Å². The Morgan fingerprint density at radius 2 is 1.97 bits per heavy atom. The first kappa shape index (κ1) is 26.5. The van der Waals surface area contributed by atoms with Gasteiger partial charge in [-0.3, -0.25) is 4.79 Å². The standard InChI is InChI=1S/C27H30FN3O5S/c1-17(2)16-35-22-14-19(13-20(28)15-22)24-10-9-23(27(30-24)36-21-8-7-18(3)12-21)26(32)31-37(33,34)25-6-4-5-11-29-25/h4-6,9-11,13-15,17-18,21H,7-8,12,16H2,1-3H3,(H,31,32). The second kappa shape index (κ2) is 11.2. The van der Waals surface area contributed by atoms with Crippen molar-refractivity contribution in [2.75, 3.05) is 6.61 Å². The number of carbonyl (C=O) groups is 1. The topological polar surface area (TPSA) is 107 Å². The highest BCUT2D eigenvalue weighted by molar-refractivity contribution is 7.90. The molecule has 2 atom stereocenters. The summed E-state index contributed by atoms with van der Waals surface area (Å²) >= 11 is 0. The molecule has 37 heavy (non-hydrogen) atoms. The fourth-order valence-corrected chi connectivity index (χ4v) is 4.99. The molecule has 0 aliphatic heterocycles. The third-order valence-corrected chi connectivity index (χ3v) is 7.17. The van der Waals surface area contributed by atoms with Crippen molar-refractivity contribution in [1.29, 1.82) is 0 Å². The molecule has 1 aromatic carbocycles. The van der Waals surface area contributed by atoms with Crippen LogP contribution in [0.25, 0.3) is 11.3 Å². The molecule has 8 nitrogen and oxygen atoms in total. The molecule has 0 spiro atoms. The summed E-state index contributed by atoms with van der Waals surface area (Å²) in [6.07, 6.45) is 3.69. The summed E-state index contributed by atoms with van der Waals surface area (Å²) in [5, 5.41) is -0.284. The van der Waals surface area contributed by atoms with E-state index in [1.54, 1.807) is 12.1 Å². The van der Waals surface area contributed by atoms with Crippen LogP contribution in [0.3, 0.4) is 0 Å². The number of hydrogen-bond acceptors (Lipinski definition) is 7. The largest absolute Gasteiger partial charge is 0.493 e. The zero-order valence-electron chi connectivity index (χ0n) is 21.0. The molecule has 2 heterocycles. The van der Waals surface area contributed by atoms with Crippen molar-refractivity contribution in [1.82, 2.24) is 14.7 Å². The summed E-state index contributed by atoms with van der Waals surface area (Å²) in [5.74, 6) is -0.322. The molecule has 0 bridgehead atoms. The summed E-state index contributed by atoms with van der Waals surface area (Å²) in [6, 6.07) is 11.6. The maximum Gasteiger partial charge on any atom is 0.281 e. The molecule has 2 unspecified atom stereocenters. The van der Waals surface area contributed by atoms with E-state index in [1.807, 2.05) is 18.6 Å². The molecule has 2 aromatic heterocycles. The molecule has 1 fully saturated rings. The molecule has 1 aliphatic carbocycles. The second-order valence-electron chi connectivity index (χ2n) is 9.69. The van der Waals surface area contributed by atoms with Crippen LogP contribution in [0.1, 0.15) is 50.4 Å². The summed E-state index contributed by atoms with van der Waals surface area (Å²) in [5.41, 5.74) is 0.756. The van der Waals surface area contributed by atoms with Gasteiger partial charge in [-0.2, -0.15) is 8.42 Å². The number of benzene rings is 1. The van der Waals surface area contributed by atoms with Gasteiger partial charge in [0.1, 0.15) is 23.2 Å². The number of pyridine rings is 2. The van der Waals surface area contributed by atoms with Crippen molar-refractivity contribution in [2.45, 2.75) is 51.2 Å². The molecular weight excluding hydrogens is 497 g/mol. The van der Waals surface area contributed by atoms with Gasteiger partial charge in [0.15, 0.2) is 5.03 Å². The van der Waals surface area contributed by atoms with Gasteiger partial charge < -0.3 is 9.47 Å². The van der Waals surface area contributed by atoms with Crippen LogP contribution in [0.2, 0.25) is 0 Å². The van der Waals surface area contributed by atoms with Crippen LogP contribution in [0.15, 0.2) is 59.8 Å². The van der Waals surface area contributed by atoms with Gasteiger partial charge >= 0.3 is 0 Å². The molecule has 10 heteroatoms. The fraction of sp³-hybridized carbons (Fsp3) is 0.370. The van der Waals surface area contributed by atoms with E-state index in [4.69, 9.17) is 9.47 Å². The van der Waals surface area contributed by atoms with Crippen molar-refractivity contribution < 1.29 is 27.1 Å². The average molecular weight is 528 g/mol. The first-order valence-electron chi connectivity index (χ1n) is 12.2. The first-order valence-corrected chi connectivity index (χ1v) is 13.7. The number of halogens is 1. The molecule has 3 aromatic rings. The Balaban J connectivity index is 1.67. The predicted octanol–water partition coefficient (Wildman–Crippen LogP) is 5.00. The van der Waals surface area contributed by atoms with Crippen molar-refractivity contribution in [3.8, 4) is 22.9 Å². The van der Waals surface area contributed by atoms with E-state index >= 15 is 0 Å². The van der Waals surface area contributed by atoms with Crippen LogP contribution in [0, 0.1) is 17.7 Å². The highest BCUT2D eigenvalue weighted by atomic mass is 32.2. The van der Waals surface area contributed by atoms with Crippen LogP contribution >= 0.6 is 0 Å². The lowest BCUT2D eigenvalue weighted by Crippen LogP contribution is -2.32. The van der Waals surface area contributed by atoms with Gasteiger partial charge in [0.25, 0.3) is 15.9 Å². The lowest BCUT2D eigenvalue weighted by atomic mass is 10.1. The van der Waals surface area contributed by atoms with Gasteiger partial charge in [0.05, 0.1) is 12.3 Å². The molecule has 0 saturated heterocycles. The number of nitrogens with zero attached hydrogens (tertiary/aromatic N) is 2. The van der Waals surface area contributed by atoms with E-state index < -0.39 is 21.7 Å². The Labute approximate surface area is 216 Å². The Morgan fingerprint density at radius 3 is 2.65 bits per heavy atom. The van der Waals surface area contributed by atoms with E-state index in [-0.39, 0.29) is 28.5 Å². The average Bonchev–Trinajstić information content (AvgIpc) is 3.27. The van der Waals surface area contributed by atoms with Crippen LogP contribution in [0.5, 0.6) is 11.6 Å². The Hall–Kier alpha value is -3.53. The number of carbonyl (C=O) groups excluding carboxylic acids is 1. The van der Waals surface area contributed by atoms with E-state index in [0.29, 0.717) is 29.5 Å². The number of aromatic nitrogens is 2. The SMILES string of the molecule is CC(C)COc1cc(F)cc(-c2ccc(C(=O)NS(=O)(=O)c3ccccn3)c(OC3CCC(C)C3)n2)c1. The summed E-state index contributed by atoms with van der Waals surface area (Å²) in [4.78, 5) is 21.4. The predicted molar refractivity (Wildman–Crippen MR) is 136 cm³/mol. The Morgan fingerprint density at radius 1 is 1.16 bits per heavy atom. The normalized spacial score (nSPS) is 17.5. The molecule has 1 saturated carbocycles. The summed E-state index contributed by atoms with van der Waals surface area (Å²) in [6.45, 7) is 6.53. The zero-order chi connectivity index (χ0) is 26.6. The number of amides is 1.